The Balaban J connectivity index is 1.51. The fourth-order valence-corrected chi connectivity index (χ4v) is 3.73. The number of rotatable bonds is 8. The molecule has 0 unspecified atom stereocenters. The SMILES string of the molecule is CCn1ncc(NC(=O)c2ccn(Cn3nc(C)c([N+](=O)[O-])c3C)n2)c1C(=O)Nc1cnn(C)c1C. The van der Waals surface area contributed by atoms with E-state index >= 15 is 0 Å². The molecule has 0 aliphatic rings. The van der Waals surface area contributed by atoms with Crippen LogP contribution in [0.3, 0.4) is 0 Å². The van der Waals surface area contributed by atoms with Gasteiger partial charge in [0.2, 0.25) is 0 Å². The number of nitrogens with zero attached hydrogens (tertiary/aromatic N) is 9. The molecule has 4 aromatic heterocycles. The van der Waals surface area contributed by atoms with E-state index in [9.17, 15) is 19.7 Å². The number of hydrogen-bond donors (Lipinski definition) is 2. The molecule has 15 heteroatoms. The third-order valence-electron chi connectivity index (χ3n) is 5.76. The van der Waals surface area contributed by atoms with E-state index in [2.05, 4.69) is 31.0 Å². The summed E-state index contributed by atoms with van der Waals surface area (Å²) in [5, 5.41) is 33.5. The average Bonchev–Trinajstić information content (AvgIpc) is 3.58. The molecule has 0 aliphatic carbocycles. The second-order valence-corrected chi connectivity index (χ2v) is 8.06. The predicted octanol–water partition coefficient (Wildman–Crippen LogP) is 1.87. The van der Waals surface area contributed by atoms with Crippen molar-refractivity contribution in [2.24, 2.45) is 7.05 Å². The number of carbonyl (C=O) groups excluding carboxylic acids is 2. The van der Waals surface area contributed by atoms with E-state index in [1.807, 2.05) is 13.8 Å². The normalized spacial score (nSPS) is 11.0. The van der Waals surface area contributed by atoms with Gasteiger partial charge in [0.25, 0.3) is 11.8 Å². The van der Waals surface area contributed by atoms with Gasteiger partial charge in [-0.2, -0.15) is 20.4 Å². The first-order valence-corrected chi connectivity index (χ1v) is 11.0. The summed E-state index contributed by atoms with van der Waals surface area (Å²) in [7, 11) is 1.77. The minimum atomic E-state index is -0.546. The Morgan fingerprint density at radius 3 is 2.31 bits per heavy atom. The fourth-order valence-electron chi connectivity index (χ4n) is 3.73. The smallest absolute Gasteiger partial charge is 0.312 e. The van der Waals surface area contributed by atoms with Crippen LogP contribution in [0.25, 0.3) is 0 Å². The third-order valence-corrected chi connectivity index (χ3v) is 5.76. The van der Waals surface area contributed by atoms with Crippen molar-refractivity contribution in [2.75, 3.05) is 10.6 Å². The predicted molar refractivity (Wildman–Crippen MR) is 128 cm³/mol. The van der Waals surface area contributed by atoms with E-state index in [0.717, 1.165) is 5.69 Å². The monoisotopic (exact) mass is 495 g/mol. The van der Waals surface area contributed by atoms with Gasteiger partial charge >= 0.3 is 5.69 Å². The fraction of sp³-hybridized carbons (Fsp3) is 0.333. The quantitative estimate of drug-likeness (QED) is 0.275. The van der Waals surface area contributed by atoms with Crippen molar-refractivity contribution >= 4 is 28.9 Å². The topological polar surface area (TPSA) is 173 Å². The van der Waals surface area contributed by atoms with Gasteiger partial charge in [0, 0.05) is 19.8 Å². The van der Waals surface area contributed by atoms with E-state index in [1.165, 1.54) is 26.3 Å². The molecular formula is C21H25N11O4. The Morgan fingerprint density at radius 2 is 1.69 bits per heavy atom. The molecule has 36 heavy (non-hydrogen) atoms. The summed E-state index contributed by atoms with van der Waals surface area (Å²) in [6.45, 7) is 7.30. The minimum Gasteiger partial charge on any atom is -0.318 e. The van der Waals surface area contributed by atoms with Gasteiger partial charge in [-0.15, -0.1) is 0 Å². The van der Waals surface area contributed by atoms with Gasteiger partial charge in [0.15, 0.2) is 5.69 Å². The van der Waals surface area contributed by atoms with Crippen LogP contribution in [0.4, 0.5) is 17.1 Å². The van der Waals surface area contributed by atoms with Gasteiger partial charge in [0.05, 0.1) is 34.4 Å². The third kappa shape index (κ3) is 4.45. The first-order chi connectivity index (χ1) is 17.1. The molecule has 15 nitrogen and oxygen atoms in total. The summed E-state index contributed by atoms with van der Waals surface area (Å²) >= 11 is 0. The highest BCUT2D eigenvalue weighted by atomic mass is 16.6. The molecule has 0 bridgehead atoms. The van der Waals surface area contributed by atoms with Crippen molar-refractivity contribution in [3.63, 3.8) is 0 Å². The molecule has 0 saturated carbocycles. The summed E-state index contributed by atoms with van der Waals surface area (Å²) in [5.41, 5.74) is 2.44. The molecule has 188 valence electrons. The maximum atomic E-state index is 13.0. The molecule has 0 aromatic carbocycles. The maximum absolute atomic E-state index is 13.0. The minimum absolute atomic E-state index is 0.0552. The number of aromatic nitrogens is 8. The van der Waals surface area contributed by atoms with E-state index in [-0.39, 0.29) is 29.4 Å². The Kier molecular flexibility index (Phi) is 6.37. The molecule has 4 rings (SSSR count). The van der Waals surface area contributed by atoms with Crippen molar-refractivity contribution in [3.8, 4) is 0 Å². The Morgan fingerprint density at radius 1 is 1.00 bits per heavy atom. The van der Waals surface area contributed by atoms with E-state index < -0.39 is 16.7 Å². The van der Waals surface area contributed by atoms with Crippen LogP contribution >= 0.6 is 0 Å². The lowest BCUT2D eigenvalue weighted by molar-refractivity contribution is -0.386. The largest absolute Gasteiger partial charge is 0.318 e. The van der Waals surface area contributed by atoms with Gasteiger partial charge in [0.1, 0.15) is 23.8 Å². The van der Waals surface area contributed by atoms with E-state index in [0.29, 0.717) is 23.6 Å². The molecule has 0 atom stereocenters. The molecule has 2 N–H and O–H groups in total. The first kappa shape index (κ1) is 24.3. The highest BCUT2D eigenvalue weighted by Crippen LogP contribution is 2.22. The number of nitro groups is 1. The van der Waals surface area contributed by atoms with E-state index in [1.54, 1.807) is 38.0 Å². The van der Waals surface area contributed by atoms with Gasteiger partial charge in [-0.05, 0) is 33.8 Å². The zero-order valence-electron chi connectivity index (χ0n) is 20.4. The highest BCUT2D eigenvalue weighted by molar-refractivity contribution is 6.11. The van der Waals surface area contributed by atoms with Crippen molar-refractivity contribution < 1.29 is 14.5 Å². The van der Waals surface area contributed by atoms with Gasteiger partial charge in [-0.3, -0.25) is 33.7 Å². The molecular weight excluding hydrogens is 470 g/mol. The van der Waals surface area contributed by atoms with Gasteiger partial charge in [-0.25, -0.2) is 4.68 Å². The van der Waals surface area contributed by atoms with Crippen molar-refractivity contribution in [2.45, 2.75) is 40.9 Å². The van der Waals surface area contributed by atoms with Crippen LogP contribution in [0.2, 0.25) is 0 Å². The molecule has 0 radical (unpaired) electrons. The zero-order chi connectivity index (χ0) is 26.1. The lowest BCUT2D eigenvalue weighted by Crippen LogP contribution is -2.21. The van der Waals surface area contributed by atoms with Crippen LogP contribution in [0.15, 0.2) is 24.7 Å². The summed E-state index contributed by atoms with van der Waals surface area (Å²) in [4.78, 5) is 36.7. The Labute approximate surface area is 204 Å². The zero-order valence-corrected chi connectivity index (χ0v) is 20.4. The molecule has 0 saturated heterocycles. The van der Waals surface area contributed by atoms with Crippen LogP contribution in [-0.4, -0.2) is 55.9 Å². The molecule has 4 aromatic rings. The lowest BCUT2D eigenvalue weighted by Gasteiger charge is -2.09. The number of amides is 2. The summed E-state index contributed by atoms with van der Waals surface area (Å²) in [5.74, 6) is -0.993. The Hall–Kier alpha value is -4.82. The molecule has 0 spiro atoms. The summed E-state index contributed by atoms with van der Waals surface area (Å²) < 4.78 is 5.99. The van der Waals surface area contributed by atoms with Crippen LogP contribution < -0.4 is 10.6 Å². The molecule has 4 heterocycles. The Bertz CT molecular complexity index is 1470. The van der Waals surface area contributed by atoms with E-state index in [4.69, 9.17) is 0 Å². The first-order valence-electron chi connectivity index (χ1n) is 11.0. The number of aryl methyl sites for hydroxylation is 3. The van der Waals surface area contributed by atoms with Crippen molar-refractivity contribution in [1.82, 2.24) is 39.1 Å². The van der Waals surface area contributed by atoms with Gasteiger partial charge in [-0.1, -0.05) is 0 Å². The second-order valence-electron chi connectivity index (χ2n) is 8.06. The van der Waals surface area contributed by atoms with Crippen LogP contribution in [0, 0.1) is 30.9 Å². The van der Waals surface area contributed by atoms with Crippen molar-refractivity contribution in [3.05, 3.63) is 63.2 Å². The molecule has 0 fully saturated rings. The van der Waals surface area contributed by atoms with Crippen LogP contribution in [-0.2, 0) is 20.3 Å². The standard InChI is InChI=1S/C21H25N11O4/c1-6-30-19(21(34)24-16-9-22-28(5)13(16)3)17(10-23-30)25-20(33)15-7-8-29(27-15)11-31-14(4)18(32(35)36)12(2)26-31/h7-10H,6,11H2,1-5H3,(H,24,34)(H,25,33). The second kappa shape index (κ2) is 9.44. The average molecular weight is 496 g/mol. The number of anilines is 2. The lowest BCUT2D eigenvalue weighted by atomic mass is 10.3. The van der Waals surface area contributed by atoms with Gasteiger partial charge < -0.3 is 10.6 Å². The van der Waals surface area contributed by atoms with Crippen molar-refractivity contribution in [1.29, 1.82) is 0 Å². The highest BCUT2D eigenvalue weighted by Gasteiger charge is 2.24. The molecule has 0 aliphatic heterocycles. The summed E-state index contributed by atoms with van der Waals surface area (Å²) in [6, 6.07) is 1.50. The number of nitrogens with one attached hydrogen (secondary N) is 2. The molecule has 2 amide bonds. The number of hydrogen-bond acceptors (Lipinski definition) is 8. The summed E-state index contributed by atoms with van der Waals surface area (Å²) in [6.07, 6.45) is 4.51. The number of carbonyl (C=O) groups is 2. The van der Waals surface area contributed by atoms with Crippen LogP contribution in [0.5, 0.6) is 0 Å². The van der Waals surface area contributed by atoms with Crippen LogP contribution in [0.1, 0.15) is 45.0 Å². The maximum Gasteiger partial charge on any atom is 0.312 e.